The summed E-state index contributed by atoms with van der Waals surface area (Å²) in [6, 6.07) is 27.0. The molecule has 4 aromatic rings. The molecule has 3 N–H and O–H groups in total. The third-order valence-corrected chi connectivity index (χ3v) is 5.05. The van der Waals surface area contributed by atoms with Gasteiger partial charge in [0.25, 0.3) is 5.91 Å². The molecule has 1 heterocycles. The number of carbonyl (C=O) groups excluding carboxylic acids is 1. The molecule has 0 saturated heterocycles. The molecular formula is C28H26N4O4. The molecule has 0 aliphatic heterocycles. The van der Waals surface area contributed by atoms with Gasteiger partial charge in [-0.15, -0.1) is 0 Å². The van der Waals surface area contributed by atoms with E-state index in [4.69, 9.17) is 10.2 Å². The van der Waals surface area contributed by atoms with Crippen LogP contribution in [-0.2, 0) is 0 Å². The number of hydrogen-bond acceptors (Lipinski definition) is 6. The monoisotopic (exact) mass is 482 g/mol. The fraction of sp³-hybridized carbons (Fsp3) is 0.0714. The number of nitrogens with one attached hydrogen (secondary N) is 1. The summed E-state index contributed by atoms with van der Waals surface area (Å²) in [4.78, 5) is 28.5. The van der Waals surface area contributed by atoms with Gasteiger partial charge in [-0.05, 0) is 36.4 Å². The van der Waals surface area contributed by atoms with Crippen molar-refractivity contribution in [2.45, 2.75) is 0 Å². The van der Waals surface area contributed by atoms with Gasteiger partial charge in [0, 0.05) is 48.9 Å². The Kier molecular flexibility index (Phi) is 8.88. The molecule has 0 radical (unpaired) electrons. The molecule has 0 spiro atoms. The van der Waals surface area contributed by atoms with E-state index in [1.54, 1.807) is 36.7 Å². The van der Waals surface area contributed by atoms with Crippen molar-refractivity contribution < 1.29 is 19.8 Å². The molecule has 0 atom stereocenters. The van der Waals surface area contributed by atoms with Crippen LogP contribution in [-0.4, -0.2) is 46.9 Å². The number of hydrogen-bond donors (Lipinski definition) is 3. The number of aromatic hydroxyl groups is 1. The maximum Gasteiger partial charge on any atom is 0.339 e. The zero-order valence-corrected chi connectivity index (χ0v) is 19.9. The second-order valence-electron chi connectivity index (χ2n) is 7.77. The summed E-state index contributed by atoms with van der Waals surface area (Å²) < 4.78 is 0. The number of carbonyl (C=O) groups is 2. The zero-order valence-electron chi connectivity index (χ0n) is 19.9. The average Bonchev–Trinajstić information content (AvgIpc) is 2.90. The van der Waals surface area contributed by atoms with Crippen molar-refractivity contribution in [1.82, 2.24) is 10.4 Å². The van der Waals surface area contributed by atoms with Gasteiger partial charge in [-0.1, -0.05) is 54.6 Å². The highest BCUT2D eigenvalue weighted by Crippen LogP contribution is 2.16. The quantitative estimate of drug-likeness (QED) is 0.277. The molecule has 1 aromatic heterocycles. The van der Waals surface area contributed by atoms with Crippen molar-refractivity contribution in [3.8, 4) is 5.75 Å². The lowest BCUT2D eigenvalue weighted by Crippen LogP contribution is -2.20. The highest BCUT2D eigenvalue weighted by atomic mass is 16.4. The Morgan fingerprint density at radius 2 is 1.36 bits per heavy atom. The van der Waals surface area contributed by atoms with Crippen molar-refractivity contribution in [1.29, 1.82) is 0 Å². The molecule has 8 nitrogen and oxygen atoms in total. The summed E-state index contributed by atoms with van der Waals surface area (Å²) in [6.07, 6.45) is 3.16. The highest BCUT2D eigenvalue weighted by molar-refractivity contribution is 6.13. The molecule has 0 unspecified atom stereocenters. The third-order valence-electron chi connectivity index (χ3n) is 5.05. The van der Waals surface area contributed by atoms with E-state index < -0.39 is 5.97 Å². The Labute approximate surface area is 209 Å². The molecule has 0 saturated carbocycles. The van der Waals surface area contributed by atoms with Gasteiger partial charge in [-0.2, -0.15) is 5.10 Å². The van der Waals surface area contributed by atoms with Crippen LogP contribution in [0.15, 0.2) is 108 Å². The predicted octanol–water partition coefficient (Wildman–Crippen LogP) is 4.42. The standard InChI is InChI=1S/C21H20N4O.C7H6O3/c1-25(2)19-10-8-17(9-11-19)20(16-6-4-3-5-7-16)23-24-21(26)18-12-14-22-15-13-18;8-6-4-2-1-3-5(6)7(9)10/h3-15H,1-2H3,(H,24,26);1-4,8H,(H,9,10)/b23-20+;. The first-order valence-electron chi connectivity index (χ1n) is 11.0. The number of hydrazone groups is 1. The van der Waals surface area contributed by atoms with Crippen LogP contribution in [0, 0.1) is 0 Å². The van der Waals surface area contributed by atoms with Crippen molar-refractivity contribution in [2.24, 2.45) is 5.10 Å². The fourth-order valence-electron chi connectivity index (χ4n) is 3.14. The lowest BCUT2D eigenvalue weighted by Gasteiger charge is -2.13. The van der Waals surface area contributed by atoms with Crippen LogP contribution < -0.4 is 10.3 Å². The minimum atomic E-state index is -1.11. The number of para-hydroxylation sites is 1. The molecule has 182 valence electrons. The van der Waals surface area contributed by atoms with Crippen LogP contribution >= 0.6 is 0 Å². The molecule has 1 amide bonds. The summed E-state index contributed by atoms with van der Waals surface area (Å²) in [5.74, 6) is -1.58. The molecule has 3 aromatic carbocycles. The minimum absolute atomic E-state index is 0.0671. The lowest BCUT2D eigenvalue weighted by molar-refractivity contribution is 0.0693. The number of amides is 1. The summed E-state index contributed by atoms with van der Waals surface area (Å²) in [5, 5.41) is 21.7. The first kappa shape index (κ1) is 25.6. The number of aromatic nitrogens is 1. The van der Waals surface area contributed by atoms with Crippen LogP contribution in [0.2, 0.25) is 0 Å². The Bertz CT molecular complexity index is 1320. The lowest BCUT2D eigenvalue weighted by atomic mass is 10.0. The molecule has 0 bridgehead atoms. The number of aromatic carboxylic acids is 1. The normalized spacial score (nSPS) is 10.6. The van der Waals surface area contributed by atoms with Gasteiger partial charge in [0.2, 0.25) is 0 Å². The Hall–Kier alpha value is -4.98. The molecule has 0 fully saturated rings. The van der Waals surface area contributed by atoms with Gasteiger partial charge in [0.05, 0.1) is 5.71 Å². The minimum Gasteiger partial charge on any atom is -0.507 e. The molecule has 0 aliphatic rings. The maximum absolute atomic E-state index is 12.3. The fourth-order valence-corrected chi connectivity index (χ4v) is 3.14. The number of phenols is 1. The molecule has 4 rings (SSSR count). The number of carboxylic acid groups (broad SMARTS) is 1. The van der Waals surface area contributed by atoms with E-state index in [1.165, 1.54) is 12.1 Å². The van der Waals surface area contributed by atoms with E-state index in [0.717, 1.165) is 16.8 Å². The molecular weight excluding hydrogens is 456 g/mol. The van der Waals surface area contributed by atoms with Crippen molar-refractivity contribution in [3.05, 3.63) is 126 Å². The van der Waals surface area contributed by atoms with Crippen LogP contribution in [0.25, 0.3) is 0 Å². The maximum atomic E-state index is 12.3. The highest BCUT2D eigenvalue weighted by Gasteiger charge is 2.10. The molecule has 36 heavy (non-hydrogen) atoms. The van der Waals surface area contributed by atoms with Crippen LogP contribution in [0.3, 0.4) is 0 Å². The zero-order chi connectivity index (χ0) is 25.9. The summed E-state index contributed by atoms with van der Waals surface area (Å²) >= 11 is 0. The number of rotatable bonds is 6. The van der Waals surface area contributed by atoms with E-state index in [1.807, 2.05) is 73.6 Å². The van der Waals surface area contributed by atoms with Gasteiger partial charge in [0.15, 0.2) is 0 Å². The van der Waals surface area contributed by atoms with E-state index in [9.17, 15) is 9.59 Å². The van der Waals surface area contributed by atoms with Gasteiger partial charge in [0.1, 0.15) is 11.3 Å². The average molecular weight is 483 g/mol. The molecule has 0 aliphatic carbocycles. The van der Waals surface area contributed by atoms with E-state index in [-0.39, 0.29) is 17.2 Å². The second kappa shape index (κ2) is 12.5. The van der Waals surface area contributed by atoms with Gasteiger partial charge < -0.3 is 15.1 Å². The first-order chi connectivity index (χ1) is 17.4. The number of benzene rings is 3. The van der Waals surface area contributed by atoms with Gasteiger partial charge in [-0.3, -0.25) is 9.78 Å². The van der Waals surface area contributed by atoms with Crippen LogP contribution in [0.4, 0.5) is 5.69 Å². The summed E-state index contributed by atoms with van der Waals surface area (Å²) in [5.41, 5.74) is 6.75. The summed E-state index contributed by atoms with van der Waals surface area (Å²) in [7, 11) is 3.99. The van der Waals surface area contributed by atoms with Crippen molar-refractivity contribution in [2.75, 3.05) is 19.0 Å². The number of nitrogens with zero attached hydrogens (tertiary/aromatic N) is 3. The third kappa shape index (κ3) is 7.01. The summed E-state index contributed by atoms with van der Waals surface area (Å²) in [6.45, 7) is 0. The van der Waals surface area contributed by atoms with E-state index in [0.29, 0.717) is 11.3 Å². The second-order valence-corrected chi connectivity index (χ2v) is 7.77. The number of pyridine rings is 1. The Morgan fingerprint density at radius 3 is 1.92 bits per heavy atom. The number of carboxylic acids is 1. The van der Waals surface area contributed by atoms with E-state index >= 15 is 0 Å². The molecule has 8 heteroatoms. The van der Waals surface area contributed by atoms with Crippen LogP contribution in [0.1, 0.15) is 31.8 Å². The number of anilines is 1. The predicted molar refractivity (Wildman–Crippen MR) is 140 cm³/mol. The first-order valence-corrected chi connectivity index (χ1v) is 11.0. The van der Waals surface area contributed by atoms with Crippen LogP contribution in [0.5, 0.6) is 5.75 Å². The Morgan fingerprint density at radius 1 is 0.778 bits per heavy atom. The Balaban J connectivity index is 0.000000303. The van der Waals surface area contributed by atoms with Crippen molar-refractivity contribution in [3.63, 3.8) is 0 Å². The topological polar surface area (TPSA) is 115 Å². The van der Waals surface area contributed by atoms with Crippen molar-refractivity contribution >= 4 is 23.3 Å². The van der Waals surface area contributed by atoms with E-state index in [2.05, 4.69) is 15.5 Å². The smallest absolute Gasteiger partial charge is 0.339 e. The SMILES string of the molecule is CN(C)c1ccc(/C(=N/NC(=O)c2ccncc2)c2ccccc2)cc1.O=C(O)c1ccccc1O. The largest absolute Gasteiger partial charge is 0.507 e. The van der Waals surface area contributed by atoms with Gasteiger partial charge in [-0.25, -0.2) is 10.2 Å². The van der Waals surface area contributed by atoms with Gasteiger partial charge >= 0.3 is 5.97 Å².